The molecule has 0 saturated carbocycles. The summed E-state index contributed by atoms with van der Waals surface area (Å²) in [5.74, 6) is 2.52. The van der Waals surface area contributed by atoms with Crippen LogP contribution in [0.15, 0.2) is 77.8 Å². The van der Waals surface area contributed by atoms with E-state index in [-0.39, 0.29) is 0 Å². The number of nitrogens with zero attached hydrogens (tertiary/aromatic N) is 3. The maximum Gasteiger partial charge on any atom is 0.261 e. The average Bonchev–Trinajstić information content (AvgIpc) is 2.85. The third-order valence-electron chi connectivity index (χ3n) is 5.80. The molecule has 2 aromatic carbocycles. The van der Waals surface area contributed by atoms with Crippen molar-refractivity contribution < 1.29 is 8.42 Å². The molecule has 1 aliphatic rings. The highest BCUT2D eigenvalue weighted by Gasteiger charge is 2.18. The van der Waals surface area contributed by atoms with Gasteiger partial charge in [0.1, 0.15) is 23.3 Å². The first-order valence-corrected chi connectivity index (χ1v) is 13.0. The Labute approximate surface area is 204 Å². The van der Waals surface area contributed by atoms with Crippen molar-refractivity contribution in [3.05, 3.63) is 89.9 Å². The van der Waals surface area contributed by atoms with Crippen LogP contribution < -0.4 is 15.4 Å². The van der Waals surface area contributed by atoms with Crippen molar-refractivity contribution in [2.45, 2.75) is 37.5 Å². The summed E-state index contributed by atoms with van der Waals surface area (Å²) in [5, 5.41) is 6.40. The van der Waals surface area contributed by atoms with Gasteiger partial charge in [-0.2, -0.15) is 0 Å². The number of hydrogen-bond donors (Lipinski definition) is 3. The van der Waals surface area contributed by atoms with Crippen molar-refractivity contribution >= 4 is 38.9 Å². The molecular weight excluding hydrogens is 460 g/mol. The summed E-state index contributed by atoms with van der Waals surface area (Å²) in [5.41, 5.74) is 3.65. The summed E-state index contributed by atoms with van der Waals surface area (Å²) in [6.07, 6.45) is 5.92. The summed E-state index contributed by atoms with van der Waals surface area (Å²) < 4.78 is 28.5. The number of pyridine rings is 1. The lowest BCUT2D eigenvalue weighted by Gasteiger charge is -2.17. The van der Waals surface area contributed by atoms with E-state index in [1.54, 1.807) is 48.7 Å². The van der Waals surface area contributed by atoms with Crippen molar-refractivity contribution in [2.75, 3.05) is 15.4 Å². The highest BCUT2D eigenvalue weighted by atomic mass is 32.2. The summed E-state index contributed by atoms with van der Waals surface area (Å²) in [6, 6.07) is 19.9. The Bertz CT molecular complexity index is 1440. The van der Waals surface area contributed by atoms with E-state index in [0.29, 0.717) is 33.9 Å². The highest BCUT2D eigenvalue weighted by Crippen LogP contribution is 2.26. The quantitative estimate of drug-likeness (QED) is 0.323. The molecule has 178 valence electrons. The molecule has 0 radical (unpaired) electrons. The molecule has 35 heavy (non-hydrogen) atoms. The van der Waals surface area contributed by atoms with Gasteiger partial charge in [-0.15, -0.1) is 0 Å². The fraction of sp³-hybridized carbons (Fsp3) is 0.192. The first-order chi connectivity index (χ1) is 16.9. The molecule has 0 spiro atoms. The van der Waals surface area contributed by atoms with Gasteiger partial charge in [-0.05, 0) is 92.3 Å². The summed E-state index contributed by atoms with van der Waals surface area (Å²) in [7, 11) is -3.66. The van der Waals surface area contributed by atoms with Gasteiger partial charge in [0, 0.05) is 23.6 Å². The number of aryl methyl sites for hydroxylation is 3. The summed E-state index contributed by atoms with van der Waals surface area (Å²) >= 11 is 0. The second-order valence-electron chi connectivity index (χ2n) is 8.47. The molecule has 2 heterocycles. The maximum atomic E-state index is 12.9. The number of sulfonamides is 1. The van der Waals surface area contributed by atoms with Crippen LogP contribution in [-0.4, -0.2) is 23.4 Å². The van der Waals surface area contributed by atoms with Crippen molar-refractivity contribution in [1.29, 1.82) is 0 Å². The maximum absolute atomic E-state index is 12.9. The van der Waals surface area contributed by atoms with Gasteiger partial charge < -0.3 is 10.6 Å². The zero-order valence-corrected chi connectivity index (χ0v) is 20.1. The number of aromatic nitrogens is 3. The summed E-state index contributed by atoms with van der Waals surface area (Å²) in [6.45, 7) is 1.81. The Hall–Kier alpha value is -3.98. The molecule has 8 nitrogen and oxygen atoms in total. The minimum absolute atomic E-state index is 0.296. The normalized spacial score (nSPS) is 13.1. The standard InChI is InChI=1S/C26H26N6O2S/c1-18-28-25(17-26(29-18)31-24-8-4-5-15-27-24)30-21-10-12-22(13-11-21)32-35(33,34)23-14-9-19-6-2-3-7-20(19)16-23/h4-5,8-17,32H,2-3,6-7H2,1H3,(H2,27,28,29,30,31). The van der Waals surface area contributed by atoms with E-state index in [9.17, 15) is 8.42 Å². The number of fused-ring (bicyclic) bond motifs is 1. The lowest BCUT2D eigenvalue weighted by Crippen LogP contribution is -2.14. The molecule has 0 saturated heterocycles. The van der Waals surface area contributed by atoms with Crippen LogP contribution >= 0.6 is 0 Å². The van der Waals surface area contributed by atoms with Gasteiger partial charge >= 0.3 is 0 Å². The molecule has 0 unspecified atom stereocenters. The predicted molar refractivity (Wildman–Crippen MR) is 138 cm³/mol. The van der Waals surface area contributed by atoms with Crippen molar-refractivity contribution in [3.63, 3.8) is 0 Å². The topological polar surface area (TPSA) is 109 Å². The molecule has 0 atom stereocenters. The van der Waals surface area contributed by atoms with Gasteiger partial charge in [-0.3, -0.25) is 4.72 Å². The molecule has 0 aliphatic heterocycles. The van der Waals surface area contributed by atoms with Crippen molar-refractivity contribution in [1.82, 2.24) is 15.0 Å². The van der Waals surface area contributed by atoms with E-state index >= 15 is 0 Å². The van der Waals surface area contributed by atoms with Crippen LogP contribution in [0.5, 0.6) is 0 Å². The molecule has 5 rings (SSSR count). The van der Waals surface area contributed by atoms with Crippen molar-refractivity contribution in [3.8, 4) is 0 Å². The van der Waals surface area contributed by atoms with E-state index in [0.717, 1.165) is 36.9 Å². The second kappa shape index (κ2) is 9.71. The fourth-order valence-electron chi connectivity index (χ4n) is 4.12. The SMILES string of the molecule is Cc1nc(Nc2ccc(NS(=O)(=O)c3ccc4c(c3)CCCC4)cc2)cc(Nc2ccccn2)n1. The Morgan fingerprint density at radius 1 is 0.743 bits per heavy atom. The van der Waals surface area contributed by atoms with Gasteiger partial charge in [0.25, 0.3) is 10.0 Å². The van der Waals surface area contributed by atoms with Gasteiger partial charge in [-0.1, -0.05) is 12.1 Å². The van der Waals surface area contributed by atoms with Gasteiger partial charge in [-0.25, -0.2) is 23.4 Å². The van der Waals surface area contributed by atoms with E-state index in [1.807, 2.05) is 31.2 Å². The van der Waals surface area contributed by atoms with Crippen LogP contribution in [0.3, 0.4) is 0 Å². The number of hydrogen-bond acceptors (Lipinski definition) is 7. The molecule has 1 aliphatic carbocycles. The largest absolute Gasteiger partial charge is 0.340 e. The number of benzene rings is 2. The zero-order valence-electron chi connectivity index (χ0n) is 19.3. The molecule has 0 amide bonds. The molecule has 0 fully saturated rings. The molecule has 2 aromatic heterocycles. The van der Waals surface area contributed by atoms with Crippen LogP contribution in [0.1, 0.15) is 29.8 Å². The van der Waals surface area contributed by atoms with Gasteiger partial charge in [0.2, 0.25) is 0 Å². The minimum atomic E-state index is -3.66. The minimum Gasteiger partial charge on any atom is -0.340 e. The smallest absolute Gasteiger partial charge is 0.261 e. The molecular formula is C26H26N6O2S. The number of anilines is 5. The fourth-order valence-corrected chi connectivity index (χ4v) is 5.23. The average molecular weight is 487 g/mol. The third-order valence-corrected chi connectivity index (χ3v) is 7.18. The van der Waals surface area contributed by atoms with Gasteiger partial charge in [0.05, 0.1) is 4.90 Å². The van der Waals surface area contributed by atoms with Crippen LogP contribution in [0.2, 0.25) is 0 Å². The Morgan fingerprint density at radius 2 is 1.46 bits per heavy atom. The third kappa shape index (κ3) is 5.58. The second-order valence-corrected chi connectivity index (χ2v) is 10.2. The Morgan fingerprint density at radius 3 is 2.20 bits per heavy atom. The lowest BCUT2D eigenvalue weighted by atomic mass is 9.92. The Balaban J connectivity index is 1.28. The first-order valence-electron chi connectivity index (χ1n) is 11.5. The van der Waals surface area contributed by atoms with E-state index in [2.05, 4.69) is 30.3 Å². The number of nitrogens with one attached hydrogen (secondary N) is 3. The predicted octanol–water partition coefficient (Wildman–Crippen LogP) is 5.35. The van der Waals surface area contributed by atoms with E-state index in [4.69, 9.17) is 0 Å². The first kappa shape index (κ1) is 22.8. The molecule has 3 N–H and O–H groups in total. The Kier molecular flexibility index (Phi) is 6.33. The van der Waals surface area contributed by atoms with Crippen molar-refractivity contribution in [2.24, 2.45) is 0 Å². The highest BCUT2D eigenvalue weighted by molar-refractivity contribution is 7.92. The van der Waals surface area contributed by atoms with Crippen LogP contribution in [-0.2, 0) is 22.9 Å². The van der Waals surface area contributed by atoms with E-state index < -0.39 is 10.0 Å². The molecule has 4 aromatic rings. The molecule has 0 bridgehead atoms. The van der Waals surface area contributed by atoms with Crippen LogP contribution in [0, 0.1) is 6.92 Å². The van der Waals surface area contributed by atoms with Crippen LogP contribution in [0.25, 0.3) is 0 Å². The molecule has 9 heteroatoms. The van der Waals surface area contributed by atoms with Gasteiger partial charge in [0.15, 0.2) is 0 Å². The number of rotatable bonds is 7. The lowest BCUT2D eigenvalue weighted by molar-refractivity contribution is 0.600. The monoisotopic (exact) mass is 486 g/mol. The summed E-state index contributed by atoms with van der Waals surface area (Å²) in [4.78, 5) is 13.4. The van der Waals surface area contributed by atoms with Crippen LogP contribution in [0.4, 0.5) is 28.8 Å². The van der Waals surface area contributed by atoms with E-state index in [1.165, 1.54) is 5.56 Å². The zero-order chi connectivity index (χ0) is 24.3.